The Morgan fingerprint density at radius 1 is 1.24 bits per heavy atom. The summed E-state index contributed by atoms with van der Waals surface area (Å²) >= 11 is 11.9. The number of piperidine rings is 1. The van der Waals surface area contributed by atoms with Crippen LogP contribution in [0.5, 0.6) is 0 Å². The molecule has 1 fully saturated rings. The summed E-state index contributed by atoms with van der Waals surface area (Å²) in [6.07, 6.45) is 3.77. The molecule has 12 heteroatoms. The molecule has 3 aromatic rings. The number of likely N-dealkylation sites (tertiary alicyclic amines) is 1. The van der Waals surface area contributed by atoms with Gasteiger partial charge in [0.15, 0.2) is 0 Å². The smallest absolute Gasteiger partial charge is 0.288 e. The van der Waals surface area contributed by atoms with Crippen molar-refractivity contribution in [3.63, 3.8) is 0 Å². The van der Waals surface area contributed by atoms with Gasteiger partial charge in [0.25, 0.3) is 11.6 Å². The number of hydrogen-bond acceptors (Lipinski definition) is 7. The van der Waals surface area contributed by atoms with E-state index in [2.05, 4.69) is 16.7 Å². The summed E-state index contributed by atoms with van der Waals surface area (Å²) in [7, 11) is 0. The van der Waals surface area contributed by atoms with Crippen LogP contribution in [-0.2, 0) is 4.79 Å². The third-order valence-corrected chi connectivity index (χ3v) is 6.54. The number of hydrogen-bond donors (Lipinski definition) is 0. The van der Waals surface area contributed by atoms with E-state index in [0.29, 0.717) is 35.3 Å². The summed E-state index contributed by atoms with van der Waals surface area (Å²) in [4.78, 5) is 44.6. The van der Waals surface area contributed by atoms with E-state index in [1.54, 1.807) is 23.1 Å². The van der Waals surface area contributed by atoms with Gasteiger partial charge in [-0.15, -0.1) is 6.58 Å². The molecule has 37 heavy (non-hydrogen) atoms. The predicted octanol–water partition coefficient (Wildman–Crippen LogP) is 5.33. The van der Waals surface area contributed by atoms with Crippen LogP contribution in [0.1, 0.15) is 41.6 Å². The molecule has 0 radical (unpaired) electrons. The van der Waals surface area contributed by atoms with Crippen molar-refractivity contribution in [2.75, 3.05) is 19.6 Å². The Hall–Kier alpha value is -3.76. The first-order valence-electron chi connectivity index (χ1n) is 11.5. The molecular formula is C25H23Cl2N5O5. The maximum Gasteiger partial charge on any atom is 0.288 e. The number of nitrogens with zero attached hydrogens (tertiary/aromatic N) is 5. The van der Waals surface area contributed by atoms with Gasteiger partial charge in [-0.1, -0.05) is 46.6 Å². The second-order valence-electron chi connectivity index (χ2n) is 8.46. The van der Waals surface area contributed by atoms with Crippen molar-refractivity contribution in [2.24, 2.45) is 0 Å². The highest BCUT2D eigenvalue weighted by atomic mass is 35.5. The lowest BCUT2D eigenvalue weighted by Gasteiger charge is -2.35. The minimum Gasteiger partial charge on any atom is -0.337 e. The molecule has 1 atom stereocenters. The third-order valence-electron chi connectivity index (χ3n) is 5.99. The van der Waals surface area contributed by atoms with Gasteiger partial charge in [0, 0.05) is 35.3 Å². The third kappa shape index (κ3) is 5.98. The lowest BCUT2D eigenvalue weighted by Crippen LogP contribution is -2.46. The van der Waals surface area contributed by atoms with E-state index in [-0.39, 0.29) is 35.3 Å². The Kier molecular flexibility index (Phi) is 8.20. The van der Waals surface area contributed by atoms with Gasteiger partial charge in [0.05, 0.1) is 4.92 Å². The Morgan fingerprint density at radius 3 is 2.78 bits per heavy atom. The van der Waals surface area contributed by atoms with Crippen LogP contribution >= 0.6 is 23.2 Å². The van der Waals surface area contributed by atoms with Gasteiger partial charge in [0.1, 0.15) is 17.6 Å². The average molecular weight is 544 g/mol. The van der Waals surface area contributed by atoms with E-state index < -0.39 is 16.9 Å². The van der Waals surface area contributed by atoms with Gasteiger partial charge >= 0.3 is 0 Å². The number of nitro benzene ring substituents is 1. The molecule has 0 aliphatic carbocycles. The molecule has 0 spiro atoms. The van der Waals surface area contributed by atoms with E-state index in [4.69, 9.17) is 27.7 Å². The van der Waals surface area contributed by atoms with E-state index >= 15 is 0 Å². The van der Waals surface area contributed by atoms with Crippen LogP contribution in [-0.4, -0.2) is 56.3 Å². The van der Waals surface area contributed by atoms with Gasteiger partial charge in [-0.2, -0.15) is 4.98 Å². The van der Waals surface area contributed by atoms with Crippen molar-refractivity contribution >= 4 is 40.7 Å². The second kappa shape index (κ2) is 11.5. The van der Waals surface area contributed by atoms with Gasteiger partial charge in [-0.25, -0.2) is 0 Å². The zero-order chi connectivity index (χ0) is 26.5. The van der Waals surface area contributed by atoms with E-state index in [0.717, 1.165) is 18.9 Å². The van der Waals surface area contributed by atoms with E-state index in [1.165, 1.54) is 23.1 Å². The number of benzene rings is 2. The summed E-state index contributed by atoms with van der Waals surface area (Å²) < 4.78 is 5.52. The molecule has 192 valence electrons. The number of halogens is 2. The quantitative estimate of drug-likeness (QED) is 0.213. The minimum absolute atomic E-state index is 0.0454. The monoisotopic (exact) mass is 543 g/mol. The van der Waals surface area contributed by atoms with Gasteiger partial charge in [-0.3, -0.25) is 19.7 Å². The molecule has 2 amide bonds. The van der Waals surface area contributed by atoms with Crippen molar-refractivity contribution in [2.45, 2.75) is 25.3 Å². The molecular weight excluding hydrogens is 521 g/mol. The van der Waals surface area contributed by atoms with Crippen LogP contribution in [0.25, 0.3) is 11.4 Å². The molecule has 2 aromatic carbocycles. The molecule has 10 nitrogen and oxygen atoms in total. The second-order valence-corrected chi connectivity index (χ2v) is 9.31. The van der Waals surface area contributed by atoms with Gasteiger partial charge in [0.2, 0.25) is 17.6 Å². The largest absolute Gasteiger partial charge is 0.337 e. The van der Waals surface area contributed by atoms with Gasteiger partial charge in [-0.05, 0) is 43.5 Å². The van der Waals surface area contributed by atoms with Crippen LogP contribution in [0.4, 0.5) is 5.69 Å². The fourth-order valence-electron chi connectivity index (χ4n) is 4.20. The first-order chi connectivity index (χ1) is 17.8. The highest BCUT2D eigenvalue weighted by molar-refractivity contribution is 6.32. The highest BCUT2D eigenvalue weighted by Gasteiger charge is 2.34. The molecule has 1 aromatic heterocycles. The lowest BCUT2D eigenvalue weighted by atomic mass is 10.0. The summed E-state index contributed by atoms with van der Waals surface area (Å²) in [5.74, 6) is -0.199. The molecule has 0 bridgehead atoms. The van der Waals surface area contributed by atoms with Crippen LogP contribution in [0.3, 0.4) is 0 Å². The van der Waals surface area contributed by atoms with Crippen LogP contribution in [0, 0.1) is 10.1 Å². The molecule has 1 aliphatic rings. The van der Waals surface area contributed by atoms with E-state index in [1.807, 2.05) is 6.07 Å². The number of carbonyl (C=O) groups is 2. The topological polar surface area (TPSA) is 123 Å². The summed E-state index contributed by atoms with van der Waals surface area (Å²) in [6, 6.07) is 10.4. The predicted molar refractivity (Wildman–Crippen MR) is 137 cm³/mol. The number of amides is 2. The summed E-state index contributed by atoms with van der Waals surface area (Å²) in [5, 5.41) is 15.8. The standard InChI is InChI=1S/C25H23Cl2N5O5/c1-2-11-30(25(34)17-9-10-19(27)21(14-17)32(35)36)15-22(33)31-12-4-3-8-20(31)24-28-23(29-37-24)16-6-5-7-18(26)13-16/h2,5-7,9-10,13-14,20H,1,3-4,8,11-12,15H2. The molecule has 1 aliphatic heterocycles. The molecule has 1 unspecified atom stereocenters. The molecule has 4 rings (SSSR count). The zero-order valence-electron chi connectivity index (χ0n) is 19.7. The summed E-state index contributed by atoms with van der Waals surface area (Å²) in [5.41, 5.74) is 0.348. The van der Waals surface area contributed by atoms with Crippen molar-refractivity contribution in [1.29, 1.82) is 0 Å². The average Bonchev–Trinajstić information content (AvgIpc) is 3.38. The Balaban J connectivity index is 1.54. The zero-order valence-corrected chi connectivity index (χ0v) is 21.2. The number of nitro groups is 1. The first kappa shape index (κ1) is 26.3. The van der Waals surface area contributed by atoms with Crippen molar-refractivity contribution in [1.82, 2.24) is 19.9 Å². The minimum atomic E-state index is -0.664. The normalized spacial score (nSPS) is 15.3. The highest BCUT2D eigenvalue weighted by Crippen LogP contribution is 2.32. The number of rotatable bonds is 8. The fourth-order valence-corrected chi connectivity index (χ4v) is 4.58. The SMILES string of the molecule is C=CCN(CC(=O)N1CCCCC1c1nc(-c2cccc(Cl)c2)no1)C(=O)c1ccc(Cl)c([N+](=O)[O-])c1. The van der Waals surface area contributed by atoms with Crippen LogP contribution in [0.2, 0.25) is 10.0 Å². The number of aromatic nitrogens is 2. The molecule has 0 N–H and O–H groups in total. The maximum absolute atomic E-state index is 13.4. The molecule has 2 heterocycles. The van der Waals surface area contributed by atoms with Crippen molar-refractivity contribution in [3.05, 3.63) is 86.7 Å². The van der Waals surface area contributed by atoms with Crippen LogP contribution in [0.15, 0.2) is 59.6 Å². The Morgan fingerprint density at radius 2 is 2.05 bits per heavy atom. The fraction of sp³-hybridized carbons (Fsp3) is 0.280. The maximum atomic E-state index is 13.4. The summed E-state index contributed by atoms with van der Waals surface area (Å²) in [6.45, 7) is 3.94. The van der Waals surface area contributed by atoms with Gasteiger partial charge < -0.3 is 14.3 Å². The van der Waals surface area contributed by atoms with Crippen molar-refractivity contribution in [3.8, 4) is 11.4 Å². The Bertz CT molecular complexity index is 1340. The van der Waals surface area contributed by atoms with Crippen molar-refractivity contribution < 1.29 is 19.0 Å². The lowest BCUT2D eigenvalue weighted by molar-refractivity contribution is -0.384. The van der Waals surface area contributed by atoms with Crippen LogP contribution < -0.4 is 0 Å². The molecule has 0 saturated carbocycles. The van der Waals surface area contributed by atoms with E-state index in [9.17, 15) is 19.7 Å². The Labute approximate surface area is 222 Å². The first-order valence-corrected chi connectivity index (χ1v) is 12.3. The molecule has 1 saturated heterocycles. The number of carbonyl (C=O) groups excluding carboxylic acids is 2.